The van der Waals surface area contributed by atoms with Crippen LogP contribution in [0.1, 0.15) is 18.6 Å². The largest absolute Gasteiger partial charge is 0.481 e. The summed E-state index contributed by atoms with van der Waals surface area (Å²) >= 11 is 0. The molecule has 1 N–H and O–H groups in total. The number of hydrogen-bond donors (Lipinski definition) is 1. The lowest BCUT2D eigenvalue weighted by Crippen LogP contribution is -2.26. The Kier molecular flexibility index (Phi) is 4.84. The Morgan fingerprint density at radius 3 is 2.76 bits per heavy atom. The minimum absolute atomic E-state index is 0.0623. The summed E-state index contributed by atoms with van der Waals surface area (Å²) in [6.07, 6.45) is -2.47. The molecule has 1 heterocycles. The van der Waals surface area contributed by atoms with Gasteiger partial charge in [-0.05, 0) is 13.0 Å². The third-order valence-electron chi connectivity index (χ3n) is 2.10. The SMILES string of the molecule is CCOC(=O)C(F)C(O)c1ccc(OC)nc1. The lowest BCUT2D eigenvalue weighted by atomic mass is 10.1. The fraction of sp³-hybridized carbons (Fsp3) is 0.455. The van der Waals surface area contributed by atoms with Crippen molar-refractivity contribution < 1.29 is 23.8 Å². The van der Waals surface area contributed by atoms with E-state index in [1.54, 1.807) is 6.92 Å². The molecule has 0 fully saturated rings. The molecule has 6 heteroatoms. The molecule has 0 bridgehead atoms. The fourth-order valence-corrected chi connectivity index (χ4v) is 1.21. The zero-order valence-corrected chi connectivity index (χ0v) is 9.59. The first-order valence-electron chi connectivity index (χ1n) is 5.08. The summed E-state index contributed by atoms with van der Waals surface area (Å²) in [6, 6.07) is 2.90. The predicted octanol–water partition coefficient (Wildman–Crippen LogP) is 1.02. The van der Waals surface area contributed by atoms with Crippen LogP contribution in [0.4, 0.5) is 4.39 Å². The van der Waals surface area contributed by atoms with Crippen molar-refractivity contribution in [2.24, 2.45) is 0 Å². The van der Waals surface area contributed by atoms with Gasteiger partial charge in [-0.15, -0.1) is 0 Å². The van der Waals surface area contributed by atoms with Crippen LogP contribution in [0.3, 0.4) is 0 Å². The molecule has 1 aromatic heterocycles. The van der Waals surface area contributed by atoms with E-state index in [-0.39, 0.29) is 12.2 Å². The van der Waals surface area contributed by atoms with E-state index in [0.29, 0.717) is 5.88 Å². The van der Waals surface area contributed by atoms with Crippen molar-refractivity contribution in [3.8, 4) is 5.88 Å². The molecule has 0 aromatic carbocycles. The van der Waals surface area contributed by atoms with Crippen molar-refractivity contribution in [3.63, 3.8) is 0 Å². The number of esters is 1. The molecule has 0 spiro atoms. The Morgan fingerprint density at radius 2 is 2.29 bits per heavy atom. The van der Waals surface area contributed by atoms with Crippen molar-refractivity contribution in [2.45, 2.75) is 19.2 Å². The van der Waals surface area contributed by atoms with Crippen LogP contribution in [0.15, 0.2) is 18.3 Å². The Bertz CT molecular complexity index is 368. The van der Waals surface area contributed by atoms with E-state index >= 15 is 0 Å². The number of carbonyl (C=O) groups excluding carboxylic acids is 1. The molecule has 2 atom stereocenters. The van der Waals surface area contributed by atoms with E-state index in [1.165, 1.54) is 25.4 Å². The summed E-state index contributed by atoms with van der Waals surface area (Å²) in [7, 11) is 1.44. The number of aromatic nitrogens is 1. The number of nitrogens with zero attached hydrogens (tertiary/aromatic N) is 1. The molecule has 0 saturated heterocycles. The first-order chi connectivity index (χ1) is 8.10. The monoisotopic (exact) mass is 243 g/mol. The van der Waals surface area contributed by atoms with Crippen LogP contribution in [0.5, 0.6) is 5.88 Å². The lowest BCUT2D eigenvalue weighted by Gasteiger charge is -2.14. The molecule has 0 aliphatic carbocycles. The van der Waals surface area contributed by atoms with E-state index in [1.807, 2.05) is 0 Å². The lowest BCUT2D eigenvalue weighted by molar-refractivity contribution is -0.153. The second kappa shape index (κ2) is 6.15. The third-order valence-corrected chi connectivity index (χ3v) is 2.10. The Labute approximate surface area is 98.2 Å². The van der Waals surface area contributed by atoms with Gasteiger partial charge < -0.3 is 14.6 Å². The average molecular weight is 243 g/mol. The maximum absolute atomic E-state index is 13.5. The van der Waals surface area contributed by atoms with Gasteiger partial charge in [0, 0.05) is 17.8 Å². The number of aliphatic hydroxyl groups is 1. The van der Waals surface area contributed by atoms with Crippen molar-refractivity contribution >= 4 is 5.97 Å². The summed E-state index contributed by atoms with van der Waals surface area (Å²) in [6.45, 7) is 1.62. The molecular formula is C11H14FNO4. The molecular weight excluding hydrogens is 229 g/mol. The van der Waals surface area contributed by atoms with Crippen LogP contribution in [-0.2, 0) is 9.53 Å². The zero-order valence-electron chi connectivity index (χ0n) is 9.59. The second-order valence-corrected chi connectivity index (χ2v) is 3.23. The van der Waals surface area contributed by atoms with E-state index < -0.39 is 18.2 Å². The van der Waals surface area contributed by atoms with Crippen molar-refractivity contribution in [1.82, 2.24) is 4.98 Å². The highest BCUT2D eigenvalue weighted by Gasteiger charge is 2.29. The van der Waals surface area contributed by atoms with Crippen LogP contribution in [0.2, 0.25) is 0 Å². The van der Waals surface area contributed by atoms with Crippen molar-refractivity contribution in [3.05, 3.63) is 23.9 Å². The van der Waals surface area contributed by atoms with E-state index in [0.717, 1.165) is 0 Å². The molecule has 0 aliphatic heterocycles. The fourth-order valence-electron chi connectivity index (χ4n) is 1.21. The maximum atomic E-state index is 13.5. The van der Waals surface area contributed by atoms with Crippen LogP contribution in [0, 0.1) is 0 Å². The summed E-state index contributed by atoms with van der Waals surface area (Å²) in [5.74, 6) is -0.747. The van der Waals surface area contributed by atoms with E-state index in [2.05, 4.69) is 9.72 Å². The number of aliphatic hydroxyl groups excluding tert-OH is 1. The highest BCUT2D eigenvalue weighted by molar-refractivity contribution is 5.75. The number of alkyl halides is 1. The zero-order chi connectivity index (χ0) is 12.8. The van der Waals surface area contributed by atoms with Gasteiger partial charge in [0.1, 0.15) is 6.10 Å². The highest BCUT2D eigenvalue weighted by Crippen LogP contribution is 2.21. The van der Waals surface area contributed by atoms with Gasteiger partial charge in [0.25, 0.3) is 0 Å². The van der Waals surface area contributed by atoms with Crippen LogP contribution < -0.4 is 4.74 Å². The van der Waals surface area contributed by atoms with Gasteiger partial charge in [0.05, 0.1) is 13.7 Å². The predicted molar refractivity (Wildman–Crippen MR) is 57.3 cm³/mol. The molecule has 0 saturated carbocycles. The van der Waals surface area contributed by atoms with Gasteiger partial charge >= 0.3 is 5.97 Å². The number of halogens is 1. The minimum Gasteiger partial charge on any atom is -0.481 e. The standard InChI is InChI=1S/C11H14FNO4/c1-3-17-11(15)9(12)10(14)7-4-5-8(16-2)13-6-7/h4-6,9-10,14H,3H2,1-2H3. The van der Waals surface area contributed by atoms with Crippen molar-refractivity contribution in [2.75, 3.05) is 13.7 Å². The molecule has 1 rings (SSSR count). The summed E-state index contributed by atoms with van der Waals surface area (Å²) in [5.41, 5.74) is 0.186. The normalized spacial score (nSPS) is 13.9. The minimum atomic E-state index is -2.12. The molecule has 0 aliphatic rings. The molecule has 0 radical (unpaired) electrons. The molecule has 17 heavy (non-hydrogen) atoms. The number of methoxy groups -OCH3 is 1. The summed E-state index contributed by atoms with van der Waals surface area (Å²) in [4.78, 5) is 14.9. The highest BCUT2D eigenvalue weighted by atomic mass is 19.1. The summed E-state index contributed by atoms with van der Waals surface area (Å²) < 4.78 is 22.8. The Balaban J connectivity index is 2.73. The number of hydrogen-bond acceptors (Lipinski definition) is 5. The molecule has 2 unspecified atom stereocenters. The number of pyridine rings is 1. The Hall–Kier alpha value is -1.69. The van der Waals surface area contributed by atoms with Crippen LogP contribution in [0.25, 0.3) is 0 Å². The van der Waals surface area contributed by atoms with Crippen molar-refractivity contribution in [1.29, 1.82) is 0 Å². The third kappa shape index (κ3) is 3.39. The number of ether oxygens (including phenoxy) is 2. The maximum Gasteiger partial charge on any atom is 0.343 e. The molecule has 5 nitrogen and oxygen atoms in total. The van der Waals surface area contributed by atoms with Gasteiger partial charge in [-0.3, -0.25) is 0 Å². The van der Waals surface area contributed by atoms with Gasteiger partial charge in [0.2, 0.25) is 12.1 Å². The number of carbonyl (C=O) groups is 1. The van der Waals surface area contributed by atoms with Gasteiger partial charge in [-0.2, -0.15) is 0 Å². The molecule has 1 aromatic rings. The van der Waals surface area contributed by atoms with Crippen LogP contribution in [-0.4, -0.2) is 35.9 Å². The molecule has 94 valence electrons. The second-order valence-electron chi connectivity index (χ2n) is 3.23. The first kappa shape index (κ1) is 13.4. The summed E-state index contributed by atoms with van der Waals surface area (Å²) in [5, 5.41) is 9.59. The number of rotatable bonds is 5. The quantitative estimate of drug-likeness (QED) is 0.782. The first-order valence-corrected chi connectivity index (χ1v) is 5.08. The van der Waals surface area contributed by atoms with Crippen LogP contribution >= 0.6 is 0 Å². The average Bonchev–Trinajstić information content (AvgIpc) is 2.37. The smallest absolute Gasteiger partial charge is 0.343 e. The van der Waals surface area contributed by atoms with Gasteiger partial charge in [0.15, 0.2) is 0 Å². The molecule has 0 amide bonds. The Morgan fingerprint density at radius 1 is 1.59 bits per heavy atom. The topological polar surface area (TPSA) is 68.7 Å². The van der Waals surface area contributed by atoms with Gasteiger partial charge in [-0.25, -0.2) is 14.2 Å². The van der Waals surface area contributed by atoms with E-state index in [4.69, 9.17) is 4.74 Å². The van der Waals surface area contributed by atoms with E-state index in [9.17, 15) is 14.3 Å². The van der Waals surface area contributed by atoms with Gasteiger partial charge in [-0.1, -0.05) is 0 Å².